The zero-order chi connectivity index (χ0) is 28.3. The van der Waals surface area contributed by atoms with Gasteiger partial charge in [-0.15, -0.1) is 0 Å². The van der Waals surface area contributed by atoms with Crippen molar-refractivity contribution >= 4 is 24.2 Å². The Bertz CT molecular complexity index is 943. The molecule has 11 nitrogen and oxygen atoms in total. The summed E-state index contributed by atoms with van der Waals surface area (Å²) in [7, 11) is 0. The van der Waals surface area contributed by atoms with Crippen molar-refractivity contribution in [2.45, 2.75) is 73.0 Å². The minimum atomic E-state index is -1.81. The lowest BCUT2D eigenvalue weighted by molar-refractivity contribution is -0.156. The highest BCUT2D eigenvalue weighted by Crippen LogP contribution is 2.31. The summed E-state index contributed by atoms with van der Waals surface area (Å²) in [5.41, 5.74) is 4.76. The number of esters is 1. The van der Waals surface area contributed by atoms with Gasteiger partial charge in [-0.25, -0.2) is 9.59 Å². The van der Waals surface area contributed by atoms with Gasteiger partial charge in [0.2, 0.25) is 0 Å². The average molecular weight is 526 g/mol. The molecular weight excluding hydrogens is 486 g/mol. The van der Waals surface area contributed by atoms with Crippen molar-refractivity contribution in [2.75, 3.05) is 13.2 Å². The SMILES string of the molecule is CC(C)COC(=O)Oc1ccc(CC(N)(C[C@H](C)OC(=O)C(C)C)C(=O)O)cc1OC(=O)OCC(C)C. The molecule has 1 unspecified atom stereocenters. The summed E-state index contributed by atoms with van der Waals surface area (Å²) in [6.07, 6.45) is -3.18. The molecule has 0 fully saturated rings. The fourth-order valence-electron chi connectivity index (χ4n) is 3.02. The van der Waals surface area contributed by atoms with Crippen LogP contribution in [-0.4, -0.2) is 54.2 Å². The van der Waals surface area contributed by atoms with Crippen LogP contribution in [0, 0.1) is 17.8 Å². The van der Waals surface area contributed by atoms with Gasteiger partial charge in [0.05, 0.1) is 19.1 Å². The summed E-state index contributed by atoms with van der Waals surface area (Å²) in [4.78, 5) is 48.2. The quantitative estimate of drug-likeness (QED) is 0.214. The Hall–Kier alpha value is -3.34. The lowest BCUT2D eigenvalue weighted by Gasteiger charge is -2.28. The van der Waals surface area contributed by atoms with Gasteiger partial charge in [0.15, 0.2) is 11.5 Å². The highest BCUT2D eigenvalue weighted by molar-refractivity contribution is 5.79. The normalized spacial score (nSPS) is 13.6. The van der Waals surface area contributed by atoms with Gasteiger partial charge >= 0.3 is 24.2 Å². The molecule has 0 spiro atoms. The molecule has 208 valence electrons. The van der Waals surface area contributed by atoms with Crippen LogP contribution in [0.3, 0.4) is 0 Å². The lowest BCUT2D eigenvalue weighted by Crippen LogP contribution is -2.52. The van der Waals surface area contributed by atoms with E-state index in [0.717, 1.165) is 0 Å². The average Bonchev–Trinajstić information content (AvgIpc) is 2.77. The second kappa shape index (κ2) is 14.4. The van der Waals surface area contributed by atoms with Crippen LogP contribution in [0.1, 0.15) is 60.5 Å². The molecule has 0 aliphatic heterocycles. The van der Waals surface area contributed by atoms with Gasteiger partial charge in [0.1, 0.15) is 11.6 Å². The Balaban J connectivity index is 3.18. The van der Waals surface area contributed by atoms with E-state index >= 15 is 0 Å². The number of nitrogens with two attached hydrogens (primary N) is 1. The first-order valence-electron chi connectivity index (χ1n) is 12.2. The first-order valence-corrected chi connectivity index (χ1v) is 12.2. The van der Waals surface area contributed by atoms with Gasteiger partial charge in [0.25, 0.3) is 0 Å². The highest BCUT2D eigenvalue weighted by Gasteiger charge is 2.37. The molecule has 0 aromatic heterocycles. The molecule has 0 bridgehead atoms. The summed E-state index contributed by atoms with van der Waals surface area (Å²) < 4.78 is 25.8. The van der Waals surface area contributed by atoms with Crippen LogP contribution < -0.4 is 15.2 Å². The Morgan fingerprint density at radius 1 is 0.865 bits per heavy atom. The van der Waals surface area contributed by atoms with E-state index in [1.807, 2.05) is 27.7 Å². The zero-order valence-electron chi connectivity index (χ0n) is 22.6. The summed E-state index contributed by atoms with van der Waals surface area (Å²) in [6, 6.07) is 4.14. The number of benzene rings is 1. The predicted molar refractivity (Wildman–Crippen MR) is 133 cm³/mol. The number of carbonyl (C=O) groups excluding carboxylic acids is 3. The van der Waals surface area contributed by atoms with Crippen LogP contribution in [0.5, 0.6) is 11.5 Å². The van der Waals surface area contributed by atoms with E-state index in [0.29, 0.717) is 5.56 Å². The molecule has 3 N–H and O–H groups in total. The fourth-order valence-corrected chi connectivity index (χ4v) is 3.02. The van der Waals surface area contributed by atoms with E-state index in [1.165, 1.54) is 18.2 Å². The Morgan fingerprint density at radius 3 is 1.84 bits per heavy atom. The second-order valence-electron chi connectivity index (χ2n) is 10.1. The van der Waals surface area contributed by atoms with Crippen molar-refractivity contribution < 1.29 is 48.0 Å². The molecule has 0 amide bonds. The van der Waals surface area contributed by atoms with Gasteiger partial charge < -0.3 is 34.5 Å². The van der Waals surface area contributed by atoms with E-state index in [-0.39, 0.29) is 55.3 Å². The third kappa shape index (κ3) is 11.5. The van der Waals surface area contributed by atoms with Gasteiger partial charge in [-0.05, 0) is 36.5 Å². The first-order chi connectivity index (χ1) is 17.1. The standard InChI is InChI=1S/C26H39NO10/c1-15(2)13-33-24(31)36-20-9-8-19(10-21(20)37-25(32)34-14-16(3)4)12-26(27,23(29)30)11-18(7)35-22(28)17(5)6/h8-10,15-18H,11-14,27H2,1-7H3,(H,29,30)/t18-,26?/m0/s1. The number of hydrogen-bond acceptors (Lipinski definition) is 10. The molecule has 0 saturated carbocycles. The van der Waals surface area contributed by atoms with E-state index in [1.54, 1.807) is 20.8 Å². The Kier molecular flexibility index (Phi) is 12.3. The number of hydrogen-bond donors (Lipinski definition) is 2. The smallest absolute Gasteiger partial charge is 0.480 e. The summed E-state index contributed by atoms with van der Waals surface area (Å²) in [5.74, 6) is -2.34. The monoisotopic (exact) mass is 525 g/mol. The summed E-state index contributed by atoms with van der Waals surface area (Å²) >= 11 is 0. The molecule has 1 rings (SSSR count). The number of ether oxygens (including phenoxy) is 5. The van der Waals surface area contributed by atoms with Crippen LogP contribution in [0.2, 0.25) is 0 Å². The third-order valence-electron chi connectivity index (χ3n) is 4.85. The molecular formula is C26H39NO10. The van der Waals surface area contributed by atoms with Crippen LogP contribution in [0.4, 0.5) is 9.59 Å². The van der Waals surface area contributed by atoms with Crippen molar-refractivity contribution in [1.82, 2.24) is 0 Å². The highest BCUT2D eigenvalue weighted by atomic mass is 16.7. The molecule has 0 aliphatic carbocycles. The Labute approximate surface area is 217 Å². The number of carboxylic acid groups (broad SMARTS) is 1. The molecule has 0 saturated heterocycles. The lowest BCUT2D eigenvalue weighted by atomic mass is 9.86. The van der Waals surface area contributed by atoms with E-state index in [4.69, 9.17) is 29.4 Å². The summed E-state index contributed by atoms with van der Waals surface area (Å²) in [6.45, 7) is 12.5. The molecule has 0 radical (unpaired) electrons. The van der Waals surface area contributed by atoms with Gasteiger partial charge in [-0.1, -0.05) is 47.6 Å². The predicted octanol–water partition coefficient (Wildman–Crippen LogP) is 4.33. The number of rotatable bonds is 13. The largest absolute Gasteiger partial charge is 0.513 e. The third-order valence-corrected chi connectivity index (χ3v) is 4.85. The van der Waals surface area contributed by atoms with Crippen LogP contribution in [0.15, 0.2) is 18.2 Å². The summed E-state index contributed by atoms with van der Waals surface area (Å²) in [5, 5.41) is 9.84. The van der Waals surface area contributed by atoms with E-state index < -0.39 is 35.9 Å². The second-order valence-corrected chi connectivity index (χ2v) is 10.1. The van der Waals surface area contributed by atoms with Crippen molar-refractivity contribution in [3.8, 4) is 11.5 Å². The maximum atomic E-state index is 12.2. The number of aliphatic carboxylic acids is 1. The van der Waals surface area contributed by atoms with Gasteiger partial charge in [0, 0.05) is 12.8 Å². The molecule has 2 atom stereocenters. The van der Waals surface area contributed by atoms with Crippen LogP contribution in [0.25, 0.3) is 0 Å². The van der Waals surface area contributed by atoms with Crippen molar-refractivity contribution in [3.63, 3.8) is 0 Å². The minimum Gasteiger partial charge on any atom is -0.480 e. The molecule has 1 aromatic carbocycles. The van der Waals surface area contributed by atoms with E-state index in [2.05, 4.69) is 0 Å². The van der Waals surface area contributed by atoms with E-state index in [9.17, 15) is 24.3 Å². The van der Waals surface area contributed by atoms with Crippen molar-refractivity contribution in [3.05, 3.63) is 23.8 Å². The van der Waals surface area contributed by atoms with Crippen molar-refractivity contribution in [2.24, 2.45) is 23.5 Å². The topological polar surface area (TPSA) is 161 Å². The van der Waals surface area contributed by atoms with Crippen LogP contribution in [-0.2, 0) is 30.2 Å². The van der Waals surface area contributed by atoms with Gasteiger partial charge in [-0.2, -0.15) is 0 Å². The number of carbonyl (C=O) groups is 4. The van der Waals surface area contributed by atoms with Gasteiger partial charge in [-0.3, -0.25) is 9.59 Å². The zero-order valence-corrected chi connectivity index (χ0v) is 22.6. The maximum absolute atomic E-state index is 12.2. The fraction of sp³-hybridized carbons (Fsp3) is 0.615. The maximum Gasteiger partial charge on any atom is 0.513 e. The van der Waals surface area contributed by atoms with Crippen molar-refractivity contribution in [1.29, 1.82) is 0 Å². The molecule has 0 aliphatic rings. The minimum absolute atomic E-state index is 0.0563. The first kappa shape index (κ1) is 31.7. The Morgan fingerprint density at radius 2 is 1.38 bits per heavy atom. The molecule has 1 aromatic rings. The van der Waals surface area contributed by atoms with Crippen LogP contribution >= 0.6 is 0 Å². The molecule has 37 heavy (non-hydrogen) atoms. The molecule has 0 heterocycles. The number of carboxylic acids is 1. The molecule has 11 heteroatoms.